The molecule has 0 fully saturated rings. The van der Waals surface area contributed by atoms with Gasteiger partial charge in [-0.3, -0.25) is 4.79 Å². The van der Waals surface area contributed by atoms with Gasteiger partial charge in [0.15, 0.2) is 12.3 Å². The van der Waals surface area contributed by atoms with E-state index in [-0.39, 0.29) is 23.9 Å². The van der Waals surface area contributed by atoms with E-state index in [1.54, 1.807) is 12.1 Å². The molecule has 1 aliphatic rings. The summed E-state index contributed by atoms with van der Waals surface area (Å²) in [5, 5.41) is 6.20. The zero-order valence-electron chi connectivity index (χ0n) is 13.5. The first kappa shape index (κ1) is 17.1. The van der Waals surface area contributed by atoms with Gasteiger partial charge in [0, 0.05) is 5.56 Å². The van der Waals surface area contributed by atoms with E-state index in [0.717, 1.165) is 16.8 Å². The Balaban J connectivity index is 1.88. The molecule has 1 aromatic heterocycles. The van der Waals surface area contributed by atoms with E-state index in [9.17, 15) is 22.4 Å². The van der Waals surface area contributed by atoms with Gasteiger partial charge in [0.05, 0.1) is 17.1 Å². The SMILES string of the molecule is O=C1COc2ccc(-c3cc(C(F)(F)F)nn3-c3cccc(F)c3)cc2N1. The van der Waals surface area contributed by atoms with Crippen LogP contribution in [-0.2, 0) is 11.0 Å². The summed E-state index contributed by atoms with van der Waals surface area (Å²) in [7, 11) is 0. The number of hydrogen-bond acceptors (Lipinski definition) is 3. The highest BCUT2D eigenvalue weighted by atomic mass is 19.4. The fourth-order valence-corrected chi connectivity index (χ4v) is 2.77. The normalized spacial score (nSPS) is 13.7. The van der Waals surface area contributed by atoms with Gasteiger partial charge in [-0.1, -0.05) is 6.07 Å². The predicted molar refractivity (Wildman–Crippen MR) is 88.1 cm³/mol. The molecule has 9 heteroatoms. The van der Waals surface area contributed by atoms with Gasteiger partial charge in [0.1, 0.15) is 11.6 Å². The average Bonchev–Trinajstić information content (AvgIpc) is 3.07. The second-order valence-electron chi connectivity index (χ2n) is 5.85. The Morgan fingerprint density at radius 3 is 2.67 bits per heavy atom. The van der Waals surface area contributed by atoms with Crippen LogP contribution in [0.15, 0.2) is 48.5 Å². The highest BCUT2D eigenvalue weighted by Gasteiger charge is 2.35. The summed E-state index contributed by atoms with van der Waals surface area (Å²) in [5.74, 6) is -0.561. The summed E-state index contributed by atoms with van der Waals surface area (Å²) in [5.41, 5.74) is -0.190. The van der Waals surface area contributed by atoms with E-state index in [1.165, 1.54) is 24.3 Å². The monoisotopic (exact) mass is 377 g/mol. The van der Waals surface area contributed by atoms with Crippen molar-refractivity contribution in [3.05, 3.63) is 60.0 Å². The molecule has 27 heavy (non-hydrogen) atoms. The van der Waals surface area contributed by atoms with Crippen molar-refractivity contribution >= 4 is 11.6 Å². The van der Waals surface area contributed by atoms with Gasteiger partial charge in [-0.25, -0.2) is 9.07 Å². The third-order valence-corrected chi connectivity index (χ3v) is 3.96. The van der Waals surface area contributed by atoms with Crippen LogP contribution >= 0.6 is 0 Å². The molecule has 1 aliphatic heterocycles. The minimum atomic E-state index is -4.67. The summed E-state index contributed by atoms with van der Waals surface area (Å²) in [6, 6.07) is 10.5. The van der Waals surface area contributed by atoms with Gasteiger partial charge in [-0.15, -0.1) is 0 Å². The molecular formula is C18H11F4N3O2. The third kappa shape index (κ3) is 3.23. The molecule has 2 aromatic carbocycles. The molecule has 1 amide bonds. The summed E-state index contributed by atoms with van der Waals surface area (Å²) in [6.07, 6.45) is -4.67. The van der Waals surface area contributed by atoms with E-state index in [2.05, 4.69) is 10.4 Å². The lowest BCUT2D eigenvalue weighted by Gasteiger charge is -2.18. The molecule has 0 unspecified atom stereocenters. The first-order chi connectivity index (χ1) is 12.8. The molecule has 3 aromatic rings. The van der Waals surface area contributed by atoms with Gasteiger partial charge in [0.25, 0.3) is 5.91 Å². The molecule has 0 saturated carbocycles. The highest BCUT2D eigenvalue weighted by molar-refractivity contribution is 5.96. The number of halogens is 4. The van der Waals surface area contributed by atoms with E-state index >= 15 is 0 Å². The zero-order chi connectivity index (χ0) is 19.2. The Labute approximate surface area is 150 Å². The number of fused-ring (bicyclic) bond motifs is 1. The van der Waals surface area contributed by atoms with Crippen LogP contribution in [0.1, 0.15) is 5.69 Å². The topological polar surface area (TPSA) is 56.1 Å². The van der Waals surface area contributed by atoms with Gasteiger partial charge in [-0.05, 0) is 42.5 Å². The lowest BCUT2D eigenvalue weighted by Crippen LogP contribution is -2.25. The van der Waals surface area contributed by atoms with E-state index in [0.29, 0.717) is 17.0 Å². The Bertz CT molecular complexity index is 1040. The first-order valence-corrected chi connectivity index (χ1v) is 7.81. The fraction of sp³-hybridized carbons (Fsp3) is 0.111. The predicted octanol–water partition coefficient (Wildman–Crippen LogP) is 4.03. The number of amides is 1. The van der Waals surface area contributed by atoms with Gasteiger partial charge < -0.3 is 10.1 Å². The molecule has 4 rings (SSSR count). The van der Waals surface area contributed by atoms with Crippen LogP contribution in [0.3, 0.4) is 0 Å². The number of aromatic nitrogens is 2. The molecule has 2 heterocycles. The van der Waals surface area contributed by atoms with Crippen LogP contribution in [0.5, 0.6) is 5.75 Å². The maximum Gasteiger partial charge on any atom is 0.435 e. The van der Waals surface area contributed by atoms with Crippen LogP contribution in [0.25, 0.3) is 16.9 Å². The average molecular weight is 377 g/mol. The molecule has 0 bridgehead atoms. The second kappa shape index (κ2) is 6.11. The number of hydrogen-bond donors (Lipinski definition) is 1. The molecule has 0 saturated heterocycles. The van der Waals surface area contributed by atoms with Crippen molar-refractivity contribution in [2.24, 2.45) is 0 Å². The maximum absolute atomic E-state index is 13.6. The quantitative estimate of drug-likeness (QED) is 0.686. The minimum Gasteiger partial charge on any atom is -0.482 e. The molecule has 1 N–H and O–H groups in total. The standard InChI is InChI=1S/C18H11F4N3O2/c19-11-2-1-3-12(7-11)25-14(8-16(24-25)18(20,21)22)10-4-5-15-13(6-10)23-17(26)9-27-15/h1-8H,9H2,(H,23,26). The van der Waals surface area contributed by atoms with Crippen molar-refractivity contribution in [2.75, 3.05) is 11.9 Å². The third-order valence-electron chi connectivity index (χ3n) is 3.96. The lowest BCUT2D eigenvalue weighted by molar-refractivity contribution is -0.141. The number of nitrogens with zero attached hydrogens (tertiary/aromatic N) is 2. The van der Waals surface area contributed by atoms with Gasteiger partial charge in [-0.2, -0.15) is 18.3 Å². The number of alkyl halides is 3. The molecule has 0 spiro atoms. The number of anilines is 1. The first-order valence-electron chi connectivity index (χ1n) is 7.81. The number of carbonyl (C=O) groups excluding carboxylic acids is 1. The van der Waals surface area contributed by atoms with Crippen molar-refractivity contribution in [1.29, 1.82) is 0 Å². The highest BCUT2D eigenvalue weighted by Crippen LogP contribution is 2.36. The molecular weight excluding hydrogens is 366 g/mol. The smallest absolute Gasteiger partial charge is 0.435 e. The molecule has 0 atom stereocenters. The number of carbonyl (C=O) groups is 1. The van der Waals surface area contributed by atoms with Crippen LogP contribution in [-0.4, -0.2) is 22.3 Å². The van der Waals surface area contributed by atoms with Crippen LogP contribution < -0.4 is 10.1 Å². The number of ether oxygens (including phenoxy) is 1. The Morgan fingerprint density at radius 1 is 1.11 bits per heavy atom. The van der Waals surface area contributed by atoms with E-state index < -0.39 is 17.7 Å². The fourth-order valence-electron chi connectivity index (χ4n) is 2.77. The summed E-state index contributed by atoms with van der Waals surface area (Å²) < 4.78 is 59.4. The molecule has 0 radical (unpaired) electrons. The van der Waals surface area contributed by atoms with Crippen LogP contribution in [0.2, 0.25) is 0 Å². The summed E-state index contributed by atoms with van der Waals surface area (Å²) in [6.45, 7) is -0.133. The second-order valence-corrected chi connectivity index (χ2v) is 5.85. The van der Waals surface area contributed by atoms with Gasteiger partial charge >= 0.3 is 6.18 Å². The van der Waals surface area contributed by atoms with E-state index in [4.69, 9.17) is 4.74 Å². The molecule has 5 nitrogen and oxygen atoms in total. The Kier molecular flexibility index (Phi) is 3.87. The van der Waals surface area contributed by atoms with Crippen molar-refractivity contribution in [2.45, 2.75) is 6.18 Å². The van der Waals surface area contributed by atoms with Crippen molar-refractivity contribution in [3.63, 3.8) is 0 Å². The van der Waals surface area contributed by atoms with Gasteiger partial charge in [0.2, 0.25) is 0 Å². The molecule has 138 valence electrons. The number of rotatable bonds is 2. The number of nitrogens with one attached hydrogen (secondary N) is 1. The summed E-state index contributed by atoms with van der Waals surface area (Å²) in [4.78, 5) is 11.5. The zero-order valence-corrected chi connectivity index (χ0v) is 13.5. The lowest BCUT2D eigenvalue weighted by atomic mass is 10.1. The minimum absolute atomic E-state index is 0.0931. The molecule has 0 aliphatic carbocycles. The maximum atomic E-state index is 13.6. The summed E-state index contributed by atoms with van der Waals surface area (Å²) >= 11 is 0. The van der Waals surface area contributed by atoms with Crippen LogP contribution in [0.4, 0.5) is 23.2 Å². The van der Waals surface area contributed by atoms with Crippen molar-refractivity contribution < 1.29 is 27.1 Å². The number of benzene rings is 2. The van der Waals surface area contributed by atoms with Crippen molar-refractivity contribution in [3.8, 4) is 22.7 Å². The van der Waals surface area contributed by atoms with Crippen LogP contribution in [0, 0.1) is 5.82 Å². The van der Waals surface area contributed by atoms with E-state index in [1.807, 2.05) is 0 Å². The largest absolute Gasteiger partial charge is 0.482 e. The Hall–Kier alpha value is -3.36. The Morgan fingerprint density at radius 2 is 1.93 bits per heavy atom. The van der Waals surface area contributed by atoms with Crippen molar-refractivity contribution in [1.82, 2.24) is 9.78 Å².